The highest BCUT2D eigenvalue weighted by molar-refractivity contribution is 9.10. The minimum absolute atomic E-state index is 0.00757. The smallest absolute Gasteiger partial charge is 0.264 e. The Bertz CT molecular complexity index is 1350. The molecule has 0 aromatic heterocycles. The molecule has 3 aromatic carbocycles. The third-order valence-electron chi connectivity index (χ3n) is 5.80. The lowest BCUT2D eigenvalue weighted by molar-refractivity contribution is -0.139. The molecular weight excluding hydrogens is 577 g/mol. The zero-order valence-corrected chi connectivity index (χ0v) is 23.6. The molecule has 3 rings (SSSR count). The van der Waals surface area contributed by atoms with Crippen LogP contribution >= 0.6 is 15.9 Å². The minimum Gasteiger partial charge on any atom is -0.494 e. The molecule has 1 atom stereocenters. The van der Waals surface area contributed by atoms with E-state index in [1.807, 2.05) is 6.92 Å². The molecule has 0 heterocycles. The Morgan fingerprint density at radius 1 is 1.00 bits per heavy atom. The molecule has 1 N–H and O–H groups in total. The normalized spacial score (nSPS) is 11.9. The Labute approximate surface area is 230 Å². The summed E-state index contributed by atoms with van der Waals surface area (Å²) in [6.45, 7) is 3.22. The minimum atomic E-state index is -4.18. The maximum absolute atomic E-state index is 13.8. The molecule has 0 spiro atoms. The van der Waals surface area contributed by atoms with Gasteiger partial charge in [0.1, 0.15) is 24.2 Å². The van der Waals surface area contributed by atoms with E-state index in [0.29, 0.717) is 22.4 Å². The highest BCUT2D eigenvalue weighted by Gasteiger charge is 2.32. The lowest BCUT2D eigenvalue weighted by Gasteiger charge is -2.31. The van der Waals surface area contributed by atoms with Crippen molar-refractivity contribution in [3.05, 3.63) is 88.6 Å². The number of amides is 2. The van der Waals surface area contributed by atoms with Crippen LogP contribution < -0.4 is 14.4 Å². The molecule has 2 amide bonds. The van der Waals surface area contributed by atoms with Crippen LogP contribution in [0.15, 0.2) is 82.2 Å². The largest absolute Gasteiger partial charge is 0.494 e. The fraction of sp³-hybridized carbons (Fsp3) is 0.259. The first-order valence-electron chi connectivity index (χ1n) is 11.8. The van der Waals surface area contributed by atoms with Gasteiger partial charge in [-0.15, -0.1) is 0 Å². The Kier molecular flexibility index (Phi) is 9.87. The van der Waals surface area contributed by atoms with Crippen LogP contribution in [0.3, 0.4) is 0 Å². The molecule has 0 saturated heterocycles. The summed E-state index contributed by atoms with van der Waals surface area (Å²) in [5.74, 6) is -0.924. The van der Waals surface area contributed by atoms with E-state index in [4.69, 9.17) is 4.74 Å². The Morgan fingerprint density at radius 2 is 1.61 bits per heavy atom. The number of sulfonamides is 1. The SMILES string of the molecule is CCOc1ccc(N(CC(=O)N(Cc2ccc(F)cc2)[C@@H](C)C(=O)NC)S(=O)(=O)c2ccc(Br)cc2)cc1. The molecule has 0 aliphatic heterocycles. The average molecular weight is 607 g/mol. The predicted molar refractivity (Wildman–Crippen MR) is 147 cm³/mol. The molecule has 0 aliphatic rings. The average Bonchev–Trinajstić information content (AvgIpc) is 2.91. The van der Waals surface area contributed by atoms with Crippen molar-refractivity contribution >= 4 is 43.5 Å². The van der Waals surface area contributed by atoms with E-state index >= 15 is 0 Å². The number of carbonyl (C=O) groups is 2. The monoisotopic (exact) mass is 605 g/mol. The van der Waals surface area contributed by atoms with Crippen LogP contribution in [0.5, 0.6) is 5.75 Å². The van der Waals surface area contributed by atoms with Gasteiger partial charge in [0.25, 0.3) is 10.0 Å². The van der Waals surface area contributed by atoms with Gasteiger partial charge in [0.15, 0.2) is 0 Å². The summed E-state index contributed by atoms with van der Waals surface area (Å²) in [6, 6.07) is 17.0. The summed E-state index contributed by atoms with van der Waals surface area (Å²) in [4.78, 5) is 27.4. The van der Waals surface area contributed by atoms with Gasteiger partial charge in [-0.05, 0) is 80.1 Å². The molecule has 0 aliphatic carbocycles. The highest BCUT2D eigenvalue weighted by Crippen LogP contribution is 2.27. The zero-order chi connectivity index (χ0) is 27.9. The van der Waals surface area contributed by atoms with Gasteiger partial charge < -0.3 is 15.0 Å². The molecule has 3 aromatic rings. The first-order chi connectivity index (χ1) is 18.1. The number of hydrogen-bond donors (Lipinski definition) is 1. The topological polar surface area (TPSA) is 96.0 Å². The lowest BCUT2D eigenvalue weighted by Crippen LogP contribution is -2.50. The second-order valence-electron chi connectivity index (χ2n) is 8.33. The molecule has 11 heteroatoms. The van der Waals surface area contributed by atoms with Gasteiger partial charge in [0.2, 0.25) is 11.8 Å². The molecule has 0 fully saturated rings. The van der Waals surface area contributed by atoms with E-state index in [2.05, 4.69) is 21.2 Å². The summed E-state index contributed by atoms with van der Waals surface area (Å²) >= 11 is 3.30. The summed E-state index contributed by atoms with van der Waals surface area (Å²) in [5.41, 5.74) is 0.831. The maximum atomic E-state index is 13.8. The number of ether oxygens (including phenoxy) is 1. The number of nitrogens with zero attached hydrogens (tertiary/aromatic N) is 2. The van der Waals surface area contributed by atoms with Gasteiger partial charge in [-0.25, -0.2) is 12.8 Å². The number of anilines is 1. The second kappa shape index (κ2) is 12.9. The number of halogens is 2. The van der Waals surface area contributed by atoms with Crippen LogP contribution in [-0.4, -0.2) is 51.4 Å². The number of rotatable bonds is 11. The molecular formula is C27H29BrFN3O5S. The van der Waals surface area contributed by atoms with Crippen molar-refractivity contribution in [2.75, 3.05) is 24.5 Å². The van der Waals surface area contributed by atoms with Crippen molar-refractivity contribution in [1.82, 2.24) is 10.2 Å². The maximum Gasteiger partial charge on any atom is 0.264 e. The molecule has 0 saturated carbocycles. The molecule has 38 heavy (non-hydrogen) atoms. The van der Waals surface area contributed by atoms with E-state index in [1.165, 1.54) is 48.3 Å². The van der Waals surface area contributed by atoms with Crippen molar-refractivity contribution < 1.29 is 27.1 Å². The van der Waals surface area contributed by atoms with Gasteiger partial charge >= 0.3 is 0 Å². The Hall–Kier alpha value is -3.44. The molecule has 0 unspecified atom stereocenters. The number of nitrogens with one attached hydrogen (secondary N) is 1. The first-order valence-corrected chi connectivity index (χ1v) is 14.1. The molecule has 8 nitrogen and oxygen atoms in total. The van der Waals surface area contributed by atoms with Crippen LogP contribution in [0.4, 0.5) is 10.1 Å². The number of hydrogen-bond acceptors (Lipinski definition) is 5. The van der Waals surface area contributed by atoms with Gasteiger partial charge in [-0.3, -0.25) is 13.9 Å². The Balaban J connectivity index is 2.02. The molecule has 0 bridgehead atoms. The third-order valence-corrected chi connectivity index (χ3v) is 8.11. The van der Waals surface area contributed by atoms with E-state index in [1.54, 1.807) is 43.3 Å². The van der Waals surface area contributed by atoms with Crippen LogP contribution in [0.1, 0.15) is 19.4 Å². The lowest BCUT2D eigenvalue weighted by atomic mass is 10.1. The summed E-state index contributed by atoms with van der Waals surface area (Å²) < 4.78 is 48.1. The van der Waals surface area contributed by atoms with Crippen LogP contribution in [-0.2, 0) is 26.2 Å². The highest BCUT2D eigenvalue weighted by atomic mass is 79.9. The van der Waals surface area contributed by atoms with Gasteiger partial charge in [0, 0.05) is 18.1 Å². The van der Waals surface area contributed by atoms with Crippen molar-refractivity contribution in [3.8, 4) is 5.75 Å². The zero-order valence-electron chi connectivity index (χ0n) is 21.2. The fourth-order valence-corrected chi connectivity index (χ4v) is 5.39. The van der Waals surface area contributed by atoms with E-state index in [0.717, 1.165) is 4.31 Å². The third kappa shape index (κ3) is 7.11. The van der Waals surface area contributed by atoms with Crippen LogP contribution in [0, 0.1) is 5.82 Å². The van der Waals surface area contributed by atoms with Crippen molar-refractivity contribution in [2.45, 2.75) is 31.3 Å². The molecule has 0 radical (unpaired) electrons. The standard InChI is InChI=1S/C27H29BrFN3O5S/c1-4-37-24-13-11-23(12-14-24)32(38(35,36)25-15-7-21(28)8-16-25)18-26(33)31(19(2)27(34)30-3)17-20-5-9-22(29)10-6-20/h5-16,19H,4,17-18H2,1-3H3,(H,30,34)/t19-/m0/s1. The quantitative estimate of drug-likeness (QED) is 0.351. The van der Waals surface area contributed by atoms with Gasteiger partial charge in [0.05, 0.1) is 17.2 Å². The van der Waals surface area contributed by atoms with E-state index in [-0.39, 0.29) is 17.1 Å². The molecule has 202 valence electrons. The fourth-order valence-electron chi connectivity index (χ4n) is 3.72. The van der Waals surface area contributed by atoms with Crippen molar-refractivity contribution in [1.29, 1.82) is 0 Å². The first kappa shape index (κ1) is 29.1. The van der Waals surface area contributed by atoms with Crippen LogP contribution in [0.25, 0.3) is 0 Å². The predicted octanol–water partition coefficient (Wildman–Crippen LogP) is 4.35. The summed E-state index contributed by atoms with van der Waals surface area (Å²) in [6.07, 6.45) is 0. The van der Waals surface area contributed by atoms with Crippen LogP contribution in [0.2, 0.25) is 0 Å². The second-order valence-corrected chi connectivity index (χ2v) is 11.1. The number of benzene rings is 3. The van der Waals surface area contributed by atoms with Crippen molar-refractivity contribution in [3.63, 3.8) is 0 Å². The number of carbonyl (C=O) groups excluding carboxylic acids is 2. The van der Waals surface area contributed by atoms with Crippen molar-refractivity contribution in [2.24, 2.45) is 0 Å². The number of likely N-dealkylation sites (N-methyl/N-ethyl adjacent to an activating group) is 1. The summed E-state index contributed by atoms with van der Waals surface area (Å²) in [7, 11) is -2.73. The summed E-state index contributed by atoms with van der Waals surface area (Å²) in [5, 5.41) is 2.52. The Morgan fingerprint density at radius 3 is 2.16 bits per heavy atom. The van der Waals surface area contributed by atoms with E-state index in [9.17, 15) is 22.4 Å². The van der Waals surface area contributed by atoms with Gasteiger partial charge in [-0.2, -0.15) is 0 Å². The van der Waals surface area contributed by atoms with Gasteiger partial charge in [-0.1, -0.05) is 28.1 Å². The van der Waals surface area contributed by atoms with E-state index < -0.39 is 40.2 Å².